The van der Waals surface area contributed by atoms with Crippen molar-refractivity contribution in [3.05, 3.63) is 35.1 Å². The van der Waals surface area contributed by atoms with Crippen LogP contribution in [0.3, 0.4) is 0 Å². The average Bonchev–Trinajstić information content (AvgIpc) is 2.73. The smallest absolute Gasteiger partial charge is 0.283 e. The third-order valence-electron chi connectivity index (χ3n) is 4.60. The summed E-state index contributed by atoms with van der Waals surface area (Å²) in [5.41, 5.74) is 9.55. The van der Waals surface area contributed by atoms with E-state index in [0.29, 0.717) is 0 Å². The largest absolute Gasteiger partial charge is 0.461 e. The average molecular weight is 327 g/mol. The van der Waals surface area contributed by atoms with E-state index in [1.54, 1.807) is 0 Å². The minimum absolute atomic E-state index is 0.00718. The first-order chi connectivity index (χ1) is 10.6. The molecule has 1 aliphatic carbocycles. The lowest BCUT2D eigenvalue weighted by Gasteiger charge is -2.39. The van der Waals surface area contributed by atoms with Crippen molar-refractivity contribution in [3.8, 4) is 0 Å². The lowest BCUT2D eigenvalue weighted by atomic mass is 9.76. The standard InChI is InChI=1S/C15H16F3N3O2/c1-14(8-4-7(12(19)22)2-3-10(8)16)9-5-15(17,18)6-11(9)23-13(20)21-14/h2-4,9,11H,5-6H2,1H3,(H2,19,22)(H2,20,21)/t9-,11+,14-/m0/s1. The predicted octanol–water partition coefficient (Wildman–Crippen LogP) is 1.90. The molecule has 3 atom stereocenters. The van der Waals surface area contributed by atoms with E-state index in [0.717, 1.165) is 6.07 Å². The molecule has 1 aliphatic heterocycles. The summed E-state index contributed by atoms with van der Waals surface area (Å²) < 4.78 is 47.2. The van der Waals surface area contributed by atoms with Crippen LogP contribution in [0.1, 0.15) is 35.7 Å². The molecule has 0 saturated heterocycles. The molecule has 0 unspecified atom stereocenters. The zero-order valence-corrected chi connectivity index (χ0v) is 12.4. The van der Waals surface area contributed by atoms with Gasteiger partial charge in [-0.2, -0.15) is 0 Å². The first kappa shape index (κ1) is 15.6. The van der Waals surface area contributed by atoms with Crippen LogP contribution in [0, 0.1) is 11.7 Å². The van der Waals surface area contributed by atoms with Crippen LogP contribution in [0.4, 0.5) is 13.2 Å². The number of alkyl halides is 2. The Balaban J connectivity index is 2.14. The van der Waals surface area contributed by atoms with E-state index < -0.39 is 48.0 Å². The molecule has 124 valence electrons. The zero-order chi connectivity index (χ0) is 17.0. The van der Waals surface area contributed by atoms with Crippen molar-refractivity contribution < 1.29 is 22.7 Å². The quantitative estimate of drug-likeness (QED) is 0.869. The van der Waals surface area contributed by atoms with Gasteiger partial charge in [0.25, 0.3) is 11.9 Å². The van der Waals surface area contributed by atoms with Gasteiger partial charge in [0.15, 0.2) is 0 Å². The van der Waals surface area contributed by atoms with E-state index in [4.69, 9.17) is 16.2 Å². The van der Waals surface area contributed by atoms with Crippen LogP contribution in [0.2, 0.25) is 0 Å². The molecule has 0 aromatic heterocycles. The fraction of sp³-hybridized carbons (Fsp3) is 0.467. The molecule has 8 heteroatoms. The summed E-state index contributed by atoms with van der Waals surface area (Å²) in [5, 5.41) is 0. The molecule has 2 aliphatic rings. The minimum atomic E-state index is -2.94. The van der Waals surface area contributed by atoms with E-state index in [2.05, 4.69) is 4.99 Å². The van der Waals surface area contributed by atoms with E-state index in [1.165, 1.54) is 19.1 Å². The van der Waals surface area contributed by atoms with Crippen molar-refractivity contribution >= 4 is 11.9 Å². The van der Waals surface area contributed by atoms with Crippen LogP contribution in [-0.2, 0) is 10.3 Å². The zero-order valence-electron chi connectivity index (χ0n) is 12.4. The first-order valence-electron chi connectivity index (χ1n) is 7.12. The van der Waals surface area contributed by atoms with E-state index in [9.17, 15) is 18.0 Å². The molecule has 0 spiro atoms. The third kappa shape index (κ3) is 2.51. The van der Waals surface area contributed by atoms with Crippen molar-refractivity contribution in [1.29, 1.82) is 0 Å². The number of fused-ring (bicyclic) bond motifs is 1. The number of carbonyl (C=O) groups is 1. The van der Waals surface area contributed by atoms with Crippen LogP contribution >= 0.6 is 0 Å². The summed E-state index contributed by atoms with van der Waals surface area (Å²) in [6, 6.07) is 3.28. The van der Waals surface area contributed by atoms with Crippen molar-refractivity contribution in [2.75, 3.05) is 0 Å². The van der Waals surface area contributed by atoms with E-state index in [1.807, 2.05) is 0 Å². The summed E-state index contributed by atoms with van der Waals surface area (Å²) in [6.45, 7) is 1.52. The number of aliphatic imine (C=N–C) groups is 1. The number of benzene rings is 1. The van der Waals surface area contributed by atoms with Crippen LogP contribution in [0.25, 0.3) is 0 Å². The van der Waals surface area contributed by atoms with Gasteiger partial charge < -0.3 is 16.2 Å². The number of amides is 1. The summed E-state index contributed by atoms with van der Waals surface area (Å²) in [7, 11) is 0. The highest BCUT2D eigenvalue weighted by atomic mass is 19.3. The Morgan fingerprint density at radius 1 is 1.39 bits per heavy atom. The second-order valence-corrected chi connectivity index (χ2v) is 6.18. The van der Waals surface area contributed by atoms with Gasteiger partial charge in [0, 0.05) is 29.9 Å². The van der Waals surface area contributed by atoms with E-state index >= 15 is 0 Å². The number of carbonyl (C=O) groups excluding carboxylic acids is 1. The molecule has 1 fully saturated rings. The summed E-state index contributed by atoms with van der Waals surface area (Å²) in [4.78, 5) is 15.4. The molecule has 1 amide bonds. The van der Waals surface area contributed by atoms with Gasteiger partial charge in [0.2, 0.25) is 5.91 Å². The molecule has 1 aromatic carbocycles. The van der Waals surface area contributed by atoms with Gasteiger partial charge in [-0.15, -0.1) is 0 Å². The molecule has 3 rings (SSSR count). The number of hydrogen-bond acceptors (Lipinski definition) is 4. The molecule has 0 bridgehead atoms. The lowest BCUT2D eigenvalue weighted by molar-refractivity contribution is -0.00278. The van der Waals surface area contributed by atoms with Gasteiger partial charge in [-0.3, -0.25) is 4.79 Å². The molecule has 1 aromatic rings. The third-order valence-corrected chi connectivity index (χ3v) is 4.60. The molecule has 23 heavy (non-hydrogen) atoms. The lowest BCUT2D eigenvalue weighted by Crippen LogP contribution is -2.45. The first-order valence-corrected chi connectivity index (χ1v) is 7.12. The van der Waals surface area contributed by atoms with Gasteiger partial charge >= 0.3 is 0 Å². The maximum absolute atomic E-state index is 14.3. The number of nitrogens with zero attached hydrogens (tertiary/aromatic N) is 1. The maximum atomic E-state index is 14.3. The Labute approximate surface area is 130 Å². The van der Waals surface area contributed by atoms with Crippen molar-refractivity contribution in [1.82, 2.24) is 0 Å². The molecular weight excluding hydrogens is 311 g/mol. The Hall–Kier alpha value is -2.25. The molecule has 5 nitrogen and oxygen atoms in total. The van der Waals surface area contributed by atoms with Crippen molar-refractivity contribution in [2.24, 2.45) is 22.4 Å². The maximum Gasteiger partial charge on any atom is 0.283 e. The highest BCUT2D eigenvalue weighted by Crippen LogP contribution is 2.52. The topological polar surface area (TPSA) is 90.7 Å². The minimum Gasteiger partial charge on any atom is -0.461 e. The van der Waals surface area contributed by atoms with Crippen LogP contribution in [-0.4, -0.2) is 24.0 Å². The van der Waals surface area contributed by atoms with Crippen molar-refractivity contribution in [2.45, 2.75) is 37.3 Å². The highest BCUT2D eigenvalue weighted by molar-refractivity contribution is 5.93. The fourth-order valence-electron chi connectivity index (χ4n) is 3.48. The second kappa shape index (κ2) is 4.87. The number of ether oxygens (including phenoxy) is 1. The van der Waals surface area contributed by atoms with Gasteiger partial charge in [0.1, 0.15) is 11.9 Å². The molecule has 0 radical (unpaired) electrons. The fourth-order valence-corrected chi connectivity index (χ4v) is 3.48. The summed E-state index contributed by atoms with van der Waals surface area (Å²) in [5.74, 6) is -5.10. The van der Waals surface area contributed by atoms with E-state index in [-0.39, 0.29) is 17.1 Å². The Morgan fingerprint density at radius 3 is 2.74 bits per heavy atom. The van der Waals surface area contributed by atoms with Gasteiger partial charge in [-0.25, -0.2) is 18.2 Å². The normalized spacial score (nSPS) is 31.9. The Bertz CT molecular complexity index is 707. The molecular formula is C15H16F3N3O2. The molecule has 1 heterocycles. The van der Waals surface area contributed by atoms with Crippen LogP contribution in [0.15, 0.2) is 23.2 Å². The predicted molar refractivity (Wildman–Crippen MR) is 76.4 cm³/mol. The Kier molecular flexibility index (Phi) is 3.31. The van der Waals surface area contributed by atoms with Gasteiger partial charge in [0.05, 0.1) is 5.54 Å². The molecule has 1 saturated carbocycles. The van der Waals surface area contributed by atoms with Gasteiger partial charge in [-0.05, 0) is 25.1 Å². The van der Waals surface area contributed by atoms with Crippen LogP contribution < -0.4 is 11.5 Å². The van der Waals surface area contributed by atoms with Crippen LogP contribution in [0.5, 0.6) is 0 Å². The number of hydrogen-bond donors (Lipinski definition) is 2. The number of primary amides is 1. The van der Waals surface area contributed by atoms with Crippen molar-refractivity contribution in [3.63, 3.8) is 0 Å². The summed E-state index contributed by atoms with van der Waals surface area (Å²) in [6.07, 6.45) is -1.85. The second-order valence-electron chi connectivity index (χ2n) is 6.18. The molecule has 4 N–H and O–H groups in total. The number of rotatable bonds is 2. The number of nitrogens with two attached hydrogens (primary N) is 2. The Morgan fingerprint density at radius 2 is 2.09 bits per heavy atom. The SMILES string of the molecule is C[C@@]1(c2cc(C(N)=O)ccc2F)N=C(N)O[C@@H]2CC(F)(F)C[C@@H]21. The summed E-state index contributed by atoms with van der Waals surface area (Å²) >= 11 is 0. The van der Waals surface area contributed by atoms with Gasteiger partial charge in [-0.1, -0.05) is 0 Å². The number of halogens is 3. The highest BCUT2D eigenvalue weighted by Gasteiger charge is 2.58. The monoisotopic (exact) mass is 327 g/mol. The number of amidine groups is 1.